The molecule has 1 fully saturated rings. The van der Waals surface area contributed by atoms with Gasteiger partial charge < -0.3 is 0 Å². The number of rotatable bonds is 6. The third kappa shape index (κ3) is 3.08. The van der Waals surface area contributed by atoms with Crippen molar-refractivity contribution in [3.05, 3.63) is 58.7 Å². The number of hydrogen-bond donors (Lipinski definition) is 0. The Labute approximate surface area is 160 Å². The Kier molecular flexibility index (Phi) is 4.48. The van der Waals surface area contributed by atoms with E-state index in [2.05, 4.69) is 10.1 Å². The third-order valence-corrected chi connectivity index (χ3v) is 5.28. The monoisotopic (exact) mass is 387 g/mol. The first-order valence-electron chi connectivity index (χ1n) is 9.35. The number of carbonyl (C=O) groups excluding carboxylic acids is 1. The van der Waals surface area contributed by atoms with E-state index in [1.54, 1.807) is 6.07 Å². The fraction of sp³-hybridized carbons (Fsp3) is 0.381. The number of carbonyl (C=O) groups is 1. The SMILES string of the molecule is CCc1nn(Cc2c(F)cccc2C2CC2)c2cc(C(F)(F)C(C)=O)cnc12. The molecule has 0 spiro atoms. The van der Waals surface area contributed by atoms with Crippen molar-refractivity contribution in [1.82, 2.24) is 14.8 Å². The van der Waals surface area contributed by atoms with Gasteiger partial charge >= 0.3 is 5.92 Å². The first-order valence-corrected chi connectivity index (χ1v) is 9.35. The van der Waals surface area contributed by atoms with E-state index in [1.165, 1.54) is 16.8 Å². The maximum absolute atomic E-state index is 14.6. The summed E-state index contributed by atoms with van der Waals surface area (Å²) in [5.74, 6) is -4.86. The Morgan fingerprint density at radius 2 is 2.07 bits per heavy atom. The van der Waals surface area contributed by atoms with Gasteiger partial charge in [-0.05, 0) is 42.9 Å². The summed E-state index contributed by atoms with van der Waals surface area (Å²) in [5.41, 5.74) is 2.51. The van der Waals surface area contributed by atoms with Crippen LogP contribution < -0.4 is 0 Å². The molecule has 1 saturated carbocycles. The van der Waals surface area contributed by atoms with Crippen LogP contribution in [0.1, 0.15) is 55.0 Å². The molecule has 4 nitrogen and oxygen atoms in total. The molecule has 146 valence electrons. The average molecular weight is 387 g/mol. The molecule has 0 atom stereocenters. The second-order valence-corrected chi connectivity index (χ2v) is 7.26. The first-order chi connectivity index (χ1) is 13.3. The van der Waals surface area contributed by atoms with Crippen LogP contribution in [0.5, 0.6) is 0 Å². The number of nitrogens with zero attached hydrogens (tertiary/aromatic N) is 3. The van der Waals surface area contributed by atoms with Gasteiger partial charge in [-0.2, -0.15) is 13.9 Å². The zero-order chi connectivity index (χ0) is 20.1. The van der Waals surface area contributed by atoms with Crippen molar-refractivity contribution in [2.75, 3.05) is 0 Å². The van der Waals surface area contributed by atoms with Crippen molar-refractivity contribution in [3.63, 3.8) is 0 Å². The summed E-state index contributed by atoms with van der Waals surface area (Å²) in [6, 6.07) is 6.25. The predicted molar refractivity (Wildman–Crippen MR) is 99.0 cm³/mol. The topological polar surface area (TPSA) is 47.8 Å². The number of hydrogen-bond acceptors (Lipinski definition) is 3. The molecule has 4 rings (SSSR count). The molecule has 0 unspecified atom stereocenters. The fourth-order valence-corrected chi connectivity index (χ4v) is 3.52. The highest BCUT2D eigenvalue weighted by atomic mass is 19.3. The zero-order valence-electron chi connectivity index (χ0n) is 15.7. The second kappa shape index (κ2) is 6.72. The number of halogens is 3. The van der Waals surface area contributed by atoms with Crippen LogP contribution >= 0.6 is 0 Å². The van der Waals surface area contributed by atoms with E-state index in [0.29, 0.717) is 34.6 Å². The number of benzene rings is 1. The second-order valence-electron chi connectivity index (χ2n) is 7.26. The summed E-state index contributed by atoms with van der Waals surface area (Å²) in [6.07, 6.45) is 3.62. The van der Waals surface area contributed by atoms with E-state index in [-0.39, 0.29) is 12.4 Å². The van der Waals surface area contributed by atoms with Crippen LogP contribution in [0.15, 0.2) is 30.5 Å². The average Bonchev–Trinajstić information content (AvgIpc) is 3.45. The fourth-order valence-electron chi connectivity index (χ4n) is 3.52. The smallest absolute Gasteiger partial charge is 0.293 e. The molecule has 0 N–H and O–H groups in total. The normalized spacial score (nSPS) is 14.6. The molecule has 0 saturated heterocycles. The molecule has 0 bridgehead atoms. The van der Waals surface area contributed by atoms with Crippen LogP contribution in [0.2, 0.25) is 0 Å². The number of pyridine rings is 1. The van der Waals surface area contributed by atoms with Crippen molar-refractivity contribution >= 4 is 16.8 Å². The zero-order valence-corrected chi connectivity index (χ0v) is 15.7. The van der Waals surface area contributed by atoms with Crippen LogP contribution in [0.3, 0.4) is 0 Å². The number of fused-ring (bicyclic) bond motifs is 1. The van der Waals surface area contributed by atoms with Gasteiger partial charge in [-0.3, -0.25) is 14.5 Å². The number of Topliss-reactive ketones (excluding diaryl/α,β-unsaturated/α-hetero) is 1. The van der Waals surface area contributed by atoms with Gasteiger partial charge in [0.2, 0.25) is 5.78 Å². The molecule has 7 heteroatoms. The van der Waals surface area contributed by atoms with Gasteiger partial charge in [0.15, 0.2) is 0 Å². The van der Waals surface area contributed by atoms with E-state index in [1.807, 2.05) is 13.0 Å². The van der Waals surface area contributed by atoms with Crippen LogP contribution in [0.4, 0.5) is 13.2 Å². The van der Waals surface area contributed by atoms with Crippen LogP contribution in [0.25, 0.3) is 11.0 Å². The molecule has 3 aromatic rings. The van der Waals surface area contributed by atoms with E-state index in [4.69, 9.17) is 0 Å². The lowest BCUT2D eigenvalue weighted by molar-refractivity contribution is -0.141. The predicted octanol–water partition coefficient (Wildman–Crippen LogP) is 4.74. The summed E-state index contributed by atoms with van der Waals surface area (Å²) in [5, 5.41) is 4.49. The van der Waals surface area contributed by atoms with Crippen molar-refractivity contribution in [2.45, 2.75) is 51.5 Å². The summed E-state index contributed by atoms with van der Waals surface area (Å²) in [7, 11) is 0. The molecule has 2 aromatic heterocycles. The number of ketones is 1. The number of aromatic nitrogens is 3. The molecule has 1 aromatic carbocycles. The molecule has 1 aliphatic rings. The Bertz CT molecular complexity index is 1070. The molecule has 1 aliphatic carbocycles. The van der Waals surface area contributed by atoms with Gasteiger partial charge in [0.1, 0.15) is 11.3 Å². The highest BCUT2D eigenvalue weighted by molar-refractivity contribution is 5.86. The van der Waals surface area contributed by atoms with E-state index >= 15 is 0 Å². The number of alkyl halides is 2. The molecule has 28 heavy (non-hydrogen) atoms. The lowest BCUT2D eigenvalue weighted by Gasteiger charge is -2.14. The lowest BCUT2D eigenvalue weighted by atomic mass is 10.0. The highest BCUT2D eigenvalue weighted by Crippen LogP contribution is 2.42. The first kappa shape index (κ1) is 18.7. The standard InChI is InChI=1S/C21H20F3N3O/c1-3-18-20-19(9-14(10-25-20)21(23,24)12(2)28)27(26-18)11-16-15(13-7-8-13)5-4-6-17(16)22/h4-6,9-10,13H,3,7-8,11H2,1-2H3. The maximum atomic E-state index is 14.6. The summed E-state index contributed by atoms with van der Waals surface area (Å²) in [6.45, 7) is 2.87. The molecule has 0 aliphatic heterocycles. The van der Waals surface area contributed by atoms with Crippen molar-refractivity contribution < 1.29 is 18.0 Å². The minimum atomic E-state index is -3.63. The van der Waals surface area contributed by atoms with Crippen LogP contribution in [-0.2, 0) is 23.7 Å². The van der Waals surface area contributed by atoms with Crippen molar-refractivity contribution in [1.29, 1.82) is 0 Å². The van der Waals surface area contributed by atoms with Gasteiger partial charge in [0, 0.05) is 24.2 Å². The molecular formula is C21H20F3N3O. The van der Waals surface area contributed by atoms with Gasteiger partial charge in [0.25, 0.3) is 0 Å². The van der Waals surface area contributed by atoms with Crippen molar-refractivity contribution in [3.8, 4) is 0 Å². The summed E-state index contributed by atoms with van der Waals surface area (Å²) in [4.78, 5) is 15.5. The van der Waals surface area contributed by atoms with E-state index < -0.39 is 17.3 Å². The van der Waals surface area contributed by atoms with Gasteiger partial charge in [0.05, 0.1) is 17.8 Å². The van der Waals surface area contributed by atoms with Gasteiger partial charge in [-0.25, -0.2) is 4.39 Å². The Morgan fingerprint density at radius 1 is 1.32 bits per heavy atom. The Hall–Kier alpha value is -2.70. The minimum Gasteiger partial charge on any atom is -0.293 e. The van der Waals surface area contributed by atoms with Crippen LogP contribution in [-0.4, -0.2) is 20.5 Å². The summed E-state index contributed by atoms with van der Waals surface area (Å²) >= 11 is 0. The lowest BCUT2D eigenvalue weighted by Crippen LogP contribution is -2.23. The molecule has 2 heterocycles. The van der Waals surface area contributed by atoms with E-state index in [0.717, 1.165) is 31.5 Å². The number of aryl methyl sites for hydroxylation is 1. The van der Waals surface area contributed by atoms with Gasteiger partial charge in [-0.15, -0.1) is 0 Å². The minimum absolute atomic E-state index is 0.131. The largest absolute Gasteiger partial charge is 0.331 e. The summed E-state index contributed by atoms with van der Waals surface area (Å²) < 4.78 is 44.5. The maximum Gasteiger partial charge on any atom is 0.331 e. The molecule has 0 radical (unpaired) electrons. The third-order valence-electron chi connectivity index (χ3n) is 5.28. The van der Waals surface area contributed by atoms with Gasteiger partial charge in [-0.1, -0.05) is 19.1 Å². The highest BCUT2D eigenvalue weighted by Gasteiger charge is 2.38. The quantitative estimate of drug-likeness (QED) is 0.614. The van der Waals surface area contributed by atoms with Crippen molar-refractivity contribution in [2.24, 2.45) is 0 Å². The molecule has 0 amide bonds. The Balaban J connectivity index is 1.84. The van der Waals surface area contributed by atoms with E-state index in [9.17, 15) is 18.0 Å². The van der Waals surface area contributed by atoms with Crippen LogP contribution in [0, 0.1) is 5.82 Å². The molecular weight excluding hydrogens is 367 g/mol. The Morgan fingerprint density at radius 3 is 2.71 bits per heavy atom.